The monoisotopic (exact) mass is 428 g/mol. The summed E-state index contributed by atoms with van der Waals surface area (Å²) in [7, 11) is 0. The normalized spacial score (nSPS) is 16.0. The second-order valence-corrected chi connectivity index (χ2v) is 8.13. The van der Waals surface area contributed by atoms with Crippen LogP contribution < -0.4 is 5.73 Å². The van der Waals surface area contributed by atoms with Crippen molar-refractivity contribution in [3.8, 4) is 6.07 Å². The van der Waals surface area contributed by atoms with Gasteiger partial charge >= 0.3 is 0 Å². The highest BCUT2D eigenvalue weighted by Gasteiger charge is 2.35. The van der Waals surface area contributed by atoms with Gasteiger partial charge < -0.3 is 15.2 Å². The van der Waals surface area contributed by atoms with Gasteiger partial charge in [-0.15, -0.1) is 0 Å². The Hall–Kier alpha value is -3.47. The SMILES string of the molecule is N#Cc1ccc(Cn2cncc2CN(CCN)[C@H]2CCN(Cc3ccccc3)C2=O)cc1. The molecule has 1 aromatic heterocycles. The summed E-state index contributed by atoms with van der Waals surface area (Å²) < 4.78 is 2.09. The van der Waals surface area contributed by atoms with Gasteiger partial charge in [0, 0.05) is 45.5 Å². The van der Waals surface area contributed by atoms with Crippen molar-refractivity contribution < 1.29 is 4.79 Å². The summed E-state index contributed by atoms with van der Waals surface area (Å²) in [5.74, 6) is 0.167. The minimum atomic E-state index is -0.166. The van der Waals surface area contributed by atoms with E-state index in [9.17, 15) is 4.79 Å². The van der Waals surface area contributed by atoms with Gasteiger partial charge in [-0.1, -0.05) is 42.5 Å². The molecule has 1 amide bonds. The molecule has 164 valence electrons. The van der Waals surface area contributed by atoms with Gasteiger partial charge in [0.25, 0.3) is 0 Å². The fourth-order valence-corrected chi connectivity index (χ4v) is 4.24. The lowest BCUT2D eigenvalue weighted by Gasteiger charge is -2.28. The molecule has 0 unspecified atom stereocenters. The summed E-state index contributed by atoms with van der Waals surface area (Å²) >= 11 is 0. The number of amides is 1. The summed E-state index contributed by atoms with van der Waals surface area (Å²) in [6, 6.07) is 19.7. The molecule has 0 radical (unpaired) electrons. The van der Waals surface area contributed by atoms with Crippen LogP contribution in [0.1, 0.15) is 28.8 Å². The smallest absolute Gasteiger partial charge is 0.240 e. The van der Waals surface area contributed by atoms with Crippen molar-refractivity contribution >= 4 is 5.91 Å². The van der Waals surface area contributed by atoms with E-state index in [-0.39, 0.29) is 11.9 Å². The Bertz CT molecular complexity index is 1070. The lowest BCUT2D eigenvalue weighted by atomic mass is 10.1. The van der Waals surface area contributed by atoms with Crippen LogP contribution in [0.5, 0.6) is 0 Å². The van der Waals surface area contributed by atoms with Crippen molar-refractivity contribution in [1.29, 1.82) is 5.26 Å². The van der Waals surface area contributed by atoms with Crippen molar-refractivity contribution in [3.63, 3.8) is 0 Å². The number of carbonyl (C=O) groups is 1. The standard InChI is InChI=1S/C25H28N6O/c26-11-13-29(24-10-12-30(25(24)32)16-21-4-2-1-3-5-21)18-23-15-28-19-31(23)17-22-8-6-20(14-27)7-9-22/h1-9,15,19,24H,10-13,16-18,26H2/t24-/m0/s1. The van der Waals surface area contributed by atoms with E-state index in [1.165, 1.54) is 0 Å². The first-order valence-electron chi connectivity index (χ1n) is 10.9. The zero-order valence-electron chi connectivity index (χ0n) is 18.1. The van der Waals surface area contributed by atoms with Crippen LogP contribution in [-0.2, 0) is 24.4 Å². The van der Waals surface area contributed by atoms with E-state index in [0.717, 1.165) is 29.8 Å². The molecule has 1 aliphatic rings. The number of aromatic nitrogens is 2. The molecular weight excluding hydrogens is 400 g/mol. The Morgan fingerprint density at radius 2 is 1.84 bits per heavy atom. The molecule has 4 rings (SSSR count). The number of carbonyl (C=O) groups excluding carboxylic acids is 1. The van der Waals surface area contributed by atoms with Crippen LogP contribution in [0.25, 0.3) is 0 Å². The number of hydrogen-bond acceptors (Lipinski definition) is 5. The number of benzene rings is 2. The molecule has 1 fully saturated rings. The Morgan fingerprint density at radius 1 is 1.09 bits per heavy atom. The molecule has 0 spiro atoms. The number of nitrogens with zero attached hydrogens (tertiary/aromatic N) is 5. The summed E-state index contributed by atoms with van der Waals surface area (Å²) in [5.41, 5.74) is 9.83. The van der Waals surface area contributed by atoms with Crippen LogP contribution in [-0.4, -0.2) is 50.9 Å². The first kappa shape index (κ1) is 21.8. The summed E-state index contributed by atoms with van der Waals surface area (Å²) in [6.45, 7) is 3.82. The zero-order chi connectivity index (χ0) is 22.3. The average molecular weight is 429 g/mol. The molecule has 0 bridgehead atoms. The van der Waals surface area contributed by atoms with Gasteiger partial charge in [0.1, 0.15) is 0 Å². The van der Waals surface area contributed by atoms with E-state index in [1.807, 2.05) is 59.9 Å². The van der Waals surface area contributed by atoms with Crippen LogP contribution >= 0.6 is 0 Å². The van der Waals surface area contributed by atoms with E-state index >= 15 is 0 Å². The second-order valence-electron chi connectivity index (χ2n) is 8.13. The molecule has 32 heavy (non-hydrogen) atoms. The van der Waals surface area contributed by atoms with Crippen LogP contribution in [0.3, 0.4) is 0 Å². The minimum absolute atomic E-state index is 0.166. The number of imidazole rings is 1. The van der Waals surface area contributed by atoms with Gasteiger partial charge in [-0.25, -0.2) is 4.98 Å². The van der Waals surface area contributed by atoms with E-state index in [1.54, 1.807) is 0 Å². The minimum Gasteiger partial charge on any atom is -0.337 e. The zero-order valence-corrected chi connectivity index (χ0v) is 18.1. The van der Waals surface area contributed by atoms with Crippen LogP contribution in [0.15, 0.2) is 67.1 Å². The molecule has 1 atom stereocenters. The van der Waals surface area contributed by atoms with Crippen molar-refractivity contribution in [2.24, 2.45) is 5.73 Å². The Balaban J connectivity index is 1.44. The highest BCUT2D eigenvalue weighted by Crippen LogP contribution is 2.22. The molecule has 0 saturated carbocycles. The number of nitriles is 1. The topological polar surface area (TPSA) is 91.2 Å². The highest BCUT2D eigenvalue weighted by atomic mass is 16.2. The first-order valence-corrected chi connectivity index (χ1v) is 10.9. The lowest BCUT2D eigenvalue weighted by molar-refractivity contribution is -0.132. The third-order valence-corrected chi connectivity index (χ3v) is 5.94. The van der Waals surface area contributed by atoms with Gasteiger partial charge in [-0.3, -0.25) is 9.69 Å². The molecule has 7 nitrogen and oxygen atoms in total. The maximum Gasteiger partial charge on any atom is 0.240 e. The predicted octanol–water partition coefficient (Wildman–Crippen LogP) is 2.36. The highest BCUT2D eigenvalue weighted by molar-refractivity contribution is 5.84. The van der Waals surface area contributed by atoms with E-state index in [0.29, 0.717) is 38.3 Å². The molecule has 1 saturated heterocycles. The van der Waals surface area contributed by atoms with Crippen LogP contribution in [0.2, 0.25) is 0 Å². The fourth-order valence-electron chi connectivity index (χ4n) is 4.24. The predicted molar refractivity (Wildman–Crippen MR) is 122 cm³/mol. The summed E-state index contributed by atoms with van der Waals surface area (Å²) in [5, 5.41) is 8.99. The van der Waals surface area contributed by atoms with Gasteiger partial charge in [0.2, 0.25) is 5.91 Å². The number of nitrogens with two attached hydrogens (primary N) is 1. The van der Waals surface area contributed by atoms with E-state index in [4.69, 9.17) is 11.0 Å². The van der Waals surface area contributed by atoms with E-state index in [2.05, 4.69) is 32.7 Å². The van der Waals surface area contributed by atoms with Crippen LogP contribution in [0, 0.1) is 11.3 Å². The Morgan fingerprint density at radius 3 is 2.56 bits per heavy atom. The first-order chi connectivity index (χ1) is 15.7. The summed E-state index contributed by atoms with van der Waals surface area (Å²) in [6.07, 6.45) is 4.47. The van der Waals surface area contributed by atoms with Crippen molar-refractivity contribution in [1.82, 2.24) is 19.4 Å². The molecular formula is C25H28N6O. The summed E-state index contributed by atoms with van der Waals surface area (Å²) in [4.78, 5) is 21.6. The Labute approximate surface area is 188 Å². The van der Waals surface area contributed by atoms with Gasteiger partial charge in [0.05, 0.1) is 29.7 Å². The van der Waals surface area contributed by atoms with Crippen molar-refractivity contribution in [2.75, 3.05) is 19.6 Å². The fraction of sp³-hybridized carbons (Fsp3) is 0.320. The van der Waals surface area contributed by atoms with Gasteiger partial charge in [-0.2, -0.15) is 5.26 Å². The lowest BCUT2D eigenvalue weighted by Crippen LogP contribution is -2.43. The number of hydrogen-bond donors (Lipinski definition) is 1. The maximum atomic E-state index is 13.2. The quantitative estimate of drug-likeness (QED) is 0.565. The number of rotatable bonds is 9. The maximum absolute atomic E-state index is 13.2. The molecule has 3 aromatic rings. The third kappa shape index (κ3) is 5.05. The Kier molecular flexibility index (Phi) is 6.95. The molecule has 2 N–H and O–H groups in total. The van der Waals surface area contributed by atoms with E-state index < -0.39 is 0 Å². The molecule has 2 aromatic carbocycles. The van der Waals surface area contributed by atoms with Gasteiger partial charge in [-0.05, 0) is 29.7 Å². The third-order valence-electron chi connectivity index (χ3n) is 5.94. The van der Waals surface area contributed by atoms with Crippen molar-refractivity contribution in [2.45, 2.75) is 32.1 Å². The molecule has 2 heterocycles. The molecule has 0 aliphatic carbocycles. The van der Waals surface area contributed by atoms with Gasteiger partial charge in [0.15, 0.2) is 0 Å². The molecule has 1 aliphatic heterocycles. The van der Waals surface area contributed by atoms with Crippen molar-refractivity contribution in [3.05, 3.63) is 89.5 Å². The average Bonchev–Trinajstić information content (AvgIpc) is 3.41. The molecule has 7 heteroatoms. The largest absolute Gasteiger partial charge is 0.337 e. The van der Waals surface area contributed by atoms with Crippen LogP contribution in [0.4, 0.5) is 0 Å². The second kappa shape index (κ2) is 10.2. The number of likely N-dealkylation sites (tertiary alicyclic amines) is 1.